The average molecular weight is 370 g/mol. The number of carboxylic acids is 1. The number of hydrogen-bond donors (Lipinski definition) is 1. The summed E-state index contributed by atoms with van der Waals surface area (Å²) in [7, 11) is -3.59. The third-order valence-electron chi connectivity index (χ3n) is 4.31. The van der Waals surface area contributed by atoms with Gasteiger partial charge in [0.15, 0.2) is 0 Å². The number of ether oxygens (including phenoxy) is 1. The Bertz CT molecular complexity index is 720. The van der Waals surface area contributed by atoms with Crippen molar-refractivity contribution in [1.82, 2.24) is 9.21 Å². The zero-order valence-corrected chi connectivity index (χ0v) is 15.8. The first-order valence-corrected chi connectivity index (χ1v) is 10.1. The van der Waals surface area contributed by atoms with Crippen LogP contribution in [0.5, 0.6) is 0 Å². The van der Waals surface area contributed by atoms with Gasteiger partial charge in [-0.3, -0.25) is 9.69 Å². The molecular formula is C17H26N2O5S. The molecule has 1 aromatic rings. The van der Waals surface area contributed by atoms with Gasteiger partial charge in [-0.1, -0.05) is 23.8 Å². The molecule has 1 aromatic carbocycles. The Hall–Kier alpha value is -1.48. The van der Waals surface area contributed by atoms with Crippen molar-refractivity contribution in [3.05, 3.63) is 34.9 Å². The smallest absolute Gasteiger partial charge is 0.318 e. The van der Waals surface area contributed by atoms with Crippen LogP contribution in [0.4, 0.5) is 0 Å². The molecule has 1 aliphatic heterocycles. The summed E-state index contributed by atoms with van der Waals surface area (Å²) < 4.78 is 30.2. The van der Waals surface area contributed by atoms with E-state index in [-0.39, 0.29) is 12.6 Å². The maximum Gasteiger partial charge on any atom is 0.318 e. The summed E-state index contributed by atoms with van der Waals surface area (Å²) in [5.74, 6) is -1.17. The highest BCUT2D eigenvalue weighted by Gasteiger charge is 2.28. The fourth-order valence-corrected chi connectivity index (χ4v) is 3.72. The average Bonchev–Trinajstić information content (AvgIpc) is 2.49. The lowest BCUT2D eigenvalue weighted by Crippen LogP contribution is -2.49. The standard InChI is InChI=1S/C17H26N2O5S/c1-13-4-5-14(2)15(8-13)9-18-6-7-24-16(10-18)11-19(12-17(20)21)25(3,22)23/h4-5,8,16H,6-7,9-12H2,1-3H3,(H,20,21). The van der Waals surface area contributed by atoms with Gasteiger partial charge in [0, 0.05) is 26.2 Å². The van der Waals surface area contributed by atoms with Crippen molar-refractivity contribution in [3.8, 4) is 0 Å². The lowest BCUT2D eigenvalue weighted by Gasteiger charge is -2.35. The molecule has 1 N–H and O–H groups in total. The van der Waals surface area contributed by atoms with Crippen LogP contribution >= 0.6 is 0 Å². The molecule has 2 rings (SSSR count). The number of carbonyl (C=O) groups is 1. The van der Waals surface area contributed by atoms with Crippen molar-refractivity contribution in [2.45, 2.75) is 26.5 Å². The van der Waals surface area contributed by atoms with Crippen molar-refractivity contribution >= 4 is 16.0 Å². The van der Waals surface area contributed by atoms with E-state index in [1.54, 1.807) is 0 Å². The zero-order chi connectivity index (χ0) is 18.6. The number of morpholine rings is 1. The molecule has 1 fully saturated rings. The summed E-state index contributed by atoms with van der Waals surface area (Å²) >= 11 is 0. The van der Waals surface area contributed by atoms with Crippen LogP contribution < -0.4 is 0 Å². The van der Waals surface area contributed by atoms with Crippen LogP contribution in [0, 0.1) is 13.8 Å². The minimum absolute atomic E-state index is 0.0500. The molecule has 25 heavy (non-hydrogen) atoms. The second kappa shape index (κ2) is 8.27. The van der Waals surface area contributed by atoms with Crippen LogP contribution in [0.3, 0.4) is 0 Å². The fourth-order valence-electron chi connectivity index (χ4n) is 2.94. The van der Waals surface area contributed by atoms with Gasteiger partial charge in [-0.15, -0.1) is 0 Å². The summed E-state index contributed by atoms with van der Waals surface area (Å²) in [6.45, 7) is 6.24. The van der Waals surface area contributed by atoms with E-state index in [9.17, 15) is 13.2 Å². The highest BCUT2D eigenvalue weighted by Crippen LogP contribution is 2.16. The summed E-state index contributed by atoms with van der Waals surface area (Å²) in [6.07, 6.45) is 0.681. The summed E-state index contributed by atoms with van der Waals surface area (Å²) in [5, 5.41) is 8.92. The SMILES string of the molecule is Cc1ccc(C)c(CN2CCOC(CN(CC(=O)O)S(C)(=O)=O)C2)c1. The molecule has 1 saturated heterocycles. The Balaban J connectivity index is 2.02. The highest BCUT2D eigenvalue weighted by atomic mass is 32.2. The fraction of sp³-hybridized carbons (Fsp3) is 0.588. The maximum absolute atomic E-state index is 11.8. The Morgan fingerprint density at radius 2 is 2.12 bits per heavy atom. The summed E-state index contributed by atoms with van der Waals surface area (Å²) in [6, 6.07) is 6.34. The van der Waals surface area contributed by atoms with E-state index in [1.165, 1.54) is 16.7 Å². The Morgan fingerprint density at radius 3 is 2.76 bits per heavy atom. The molecule has 0 aromatic heterocycles. The Labute approximate surface area is 149 Å². The molecule has 0 radical (unpaired) electrons. The molecule has 0 aliphatic carbocycles. The van der Waals surface area contributed by atoms with E-state index in [0.717, 1.165) is 23.7 Å². The molecule has 7 nitrogen and oxygen atoms in total. The molecular weight excluding hydrogens is 344 g/mol. The molecule has 0 bridgehead atoms. The number of carboxylic acid groups (broad SMARTS) is 1. The van der Waals surface area contributed by atoms with Crippen LogP contribution in [0.25, 0.3) is 0 Å². The van der Waals surface area contributed by atoms with Crippen LogP contribution in [0.2, 0.25) is 0 Å². The van der Waals surface area contributed by atoms with Gasteiger partial charge in [0.05, 0.1) is 19.0 Å². The number of hydrogen-bond acceptors (Lipinski definition) is 5. The van der Waals surface area contributed by atoms with Gasteiger partial charge in [0.2, 0.25) is 10.0 Å². The Kier molecular flexibility index (Phi) is 6.56. The molecule has 1 unspecified atom stereocenters. The molecule has 8 heteroatoms. The number of aliphatic carboxylic acids is 1. The van der Waals surface area contributed by atoms with E-state index in [4.69, 9.17) is 9.84 Å². The van der Waals surface area contributed by atoms with Crippen LogP contribution in [-0.2, 0) is 26.1 Å². The predicted molar refractivity (Wildman–Crippen MR) is 95.0 cm³/mol. The number of nitrogens with zero attached hydrogens (tertiary/aromatic N) is 2. The summed E-state index contributed by atoms with van der Waals surface area (Å²) in [5.41, 5.74) is 3.67. The second-order valence-corrected chi connectivity index (χ2v) is 8.59. The molecule has 1 heterocycles. The third-order valence-corrected chi connectivity index (χ3v) is 5.53. The van der Waals surface area contributed by atoms with E-state index in [2.05, 4.69) is 36.9 Å². The first-order chi connectivity index (χ1) is 11.6. The van der Waals surface area contributed by atoms with Gasteiger partial charge < -0.3 is 9.84 Å². The van der Waals surface area contributed by atoms with Crippen LogP contribution in [-0.4, -0.2) is 73.8 Å². The monoisotopic (exact) mass is 370 g/mol. The van der Waals surface area contributed by atoms with Gasteiger partial charge in [-0.2, -0.15) is 4.31 Å². The van der Waals surface area contributed by atoms with Crippen LogP contribution in [0.1, 0.15) is 16.7 Å². The van der Waals surface area contributed by atoms with E-state index in [0.29, 0.717) is 13.2 Å². The minimum Gasteiger partial charge on any atom is -0.480 e. The second-order valence-electron chi connectivity index (χ2n) is 6.61. The first-order valence-electron chi connectivity index (χ1n) is 8.22. The third kappa shape index (κ3) is 6.07. The number of benzene rings is 1. The molecule has 1 aliphatic rings. The Morgan fingerprint density at radius 1 is 1.40 bits per heavy atom. The number of rotatable bonds is 7. The minimum atomic E-state index is -3.59. The van der Waals surface area contributed by atoms with Crippen molar-refractivity contribution in [1.29, 1.82) is 0 Å². The highest BCUT2D eigenvalue weighted by molar-refractivity contribution is 7.88. The lowest BCUT2D eigenvalue weighted by atomic mass is 10.0. The quantitative estimate of drug-likeness (QED) is 0.766. The van der Waals surface area contributed by atoms with Crippen molar-refractivity contribution in [3.63, 3.8) is 0 Å². The van der Waals surface area contributed by atoms with E-state index < -0.39 is 22.5 Å². The maximum atomic E-state index is 11.8. The molecule has 1 atom stereocenters. The number of aryl methyl sites for hydroxylation is 2. The number of sulfonamides is 1. The zero-order valence-electron chi connectivity index (χ0n) is 14.9. The largest absolute Gasteiger partial charge is 0.480 e. The van der Waals surface area contributed by atoms with Gasteiger partial charge >= 0.3 is 5.97 Å². The van der Waals surface area contributed by atoms with Gasteiger partial charge in [0.25, 0.3) is 0 Å². The molecule has 140 valence electrons. The van der Waals surface area contributed by atoms with E-state index in [1.807, 2.05) is 0 Å². The lowest BCUT2D eigenvalue weighted by molar-refractivity contribution is -0.137. The van der Waals surface area contributed by atoms with Gasteiger partial charge in [0.1, 0.15) is 6.54 Å². The normalized spacial score (nSPS) is 19.3. The van der Waals surface area contributed by atoms with Crippen molar-refractivity contribution in [2.24, 2.45) is 0 Å². The van der Waals surface area contributed by atoms with Crippen LogP contribution in [0.15, 0.2) is 18.2 Å². The molecule has 0 spiro atoms. The summed E-state index contributed by atoms with van der Waals surface area (Å²) in [4.78, 5) is 13.1. The first kappa shape index (κ1) is 19.8. The topological polar surface area (TPSA) is 87.2 Å². The van der Waals surface area contributed by atoms with Gasteiger partial charge in [-0.05, 0) is 25.0 Å². The molecule has 0 saturated carbocycles. The van der Waals surface area contributed by atoms with Gasteiger partial charge in [-0.25, -0.2) is 8.42 Å². The predicted octanol–water partition coefficient (Wildman–Crippen LogP) is 0.850. The van der Waals surface area contributed by atoms with Crippen molar-refractivity contribution in [2.75, 3.05) is 39.0 Å². The molecule has 0 amide bonds. The van der Waals surface area contributed by atoms with Crippen molar-refractivity contribution < 1.29 is 23.1 Å². The van der Waals surface area contributed by atoms with E-state index >= 15 is 0 Å².